The number of hydrogen-bond acceptors (Lipinski definition) is 9. The predicted octanol–water partition coefficient (Wildman–Crippen LogP) is 3.11. The van der Waals surface area contributed by atoms with Gasteiger partial charge in [-0.2, -0.15) is 0 Å². The maximum absolute atomic E-state index is 12.5. The molecule has 0 bridgehead atoms. The molecule has 1 aliphatic heterocycles. The molecule has 1 saturated carbocycles. The minimum Gasteiger partial charge on any atom is -0.454 e. The molecule has 2 amide bonds. The Balaban J connectivity index is 1.40. The van der Waals surface area contributed by atoms with Crippen LogP contribution in [-0.4, -0.2) is 46.4 Å². The van der Waals surface area contributed by atoms with Crippen molar-refractivity contribution in [1.29, 1.82) is 0 Å². The largest absolute Gasteiger partial charge is 0.454 e. The van der Waals surface area contributed by atoms with Gasteiger partial charge in [-0.25, -0.2) is 0 Å². The number of Topliss-reactive ketones (excluding diaryl/α,β-unsaturated/α-hetero) is 1. The molecule has 9 nitrogen and oxygen atoms in total. The number of nitrogens with one attached hydrogen (secondary N) is 1. The minimum atomic E-state index is -0.290. The number of hydrogen-bond donors (Lipinski definition) is 1. The van der Waals surface area contributed by atoms with E-state index in [2.05, 4.69) is 15.5 Å². The fraction of sp³-hybridized carbons (Fsp3) is 0.421. The van der Waals surface area contributed by atoms with Crippen molar-refractivity contribution in [3.63, 3.8) is 0 Å². The highest BCUT2D eigenvalue weighted by Gasteiger charge is 2.35. The Morgan fingerprint density at radius 2 is 1.97 bits per heavy atom. The van der Waals surface area contributed by atoms with Crippen LogP contribution in [0.3, 0.4) is 0 Å². The molecule has 1 aliphatic carbocycles. The van der Waals surface area contributed by atoms with Crippen LogP contribution in [0.4, 0.5) is 10.8 Å². The van der Waals surface area contributed by atoms with Gasteiger partial charge in [0.05, 0.1) is 11.4 Å². The predicted molar refractivity (Wildman–Crippen MR) is 113 cm³/mol. The second-order valence-electron chi connectivity index (χ2n) is 6.84. The van der Waals surface area contributed by atoms with Crippen LogP contribution in [0.15, 0.2) is 16.5 Å². The number of aromatic nitrogens is 2. The van der Waals surface area contributed by atoms with E-state index in [1.54, 1.807) is 17.0 Å². The van der Waals surface area contributed by atoms with E-state index in [0.717, 1.165) is 12.8 Å². The molecule has 1 fully saturated rings. The molecule has 158 valence electrons. The standard InChI is InChI=1S/C19H20N4O5S2/c1-3-17(26)23(11-4-5-11)18-21-22-19(30-18)29-8-16(25)20-13-7-15-14(27-9-28-15)6-12(13)10(2)24/h6-7,11H,3-5,8-9H2,1-2H3,(H,20,25). The number of carbonyl (C=O) groups excluding carboxylic acids is 3. The zero-order valence-corrected chi connectivity index (χ0v) is 18.1. The summed E-state index contributed by atoms with van der Waals surface area (Å²) in [7, 11) is 0. The van der Waals surface area contributed by atoms with Crippen LogP contribution in [0, 0.1) is 0 Å². The Morgan fingerprint density at radius 1 is 1.23 bits per heavy atom. The van der Waals surface area contributed by atoms with Gasteiger partial charge in [0.15, 0.2) is 21.6 Å². The topological polar surface area (TPSA) is 111 Å². The zero-order valence-electron chi connectivity index (χ0n) is 16.5. The first-order chi connectivity index (χ1) is 14.5. The van der Waals surface area contributed by atoms with E-state index in [0.29, 0.717) is 38.6 Å². The molecule has 0 unspecified atom stereocenters. The highest BCUT2D eigenvalue weighted by molar-refractivity contribution is 8.01. The normalized spacial score (nSPS) is 14.5. The Kier molecular flexibility index (Phi) is 5.91. The van der Waals surface area contributed by atoms with E-state index in [9.17, 15) is 14.4 Å². The van der Waals surface area contributed by atoms with Crippen LogP contribution in [-0.2, 0) is 9.59 Å². The maximum atomic E-state index is 12.5. The summed E-state index contributed by atoms with van der Waals surface area (Å²) in [6.07, 6.45) is 2.36. The second-order valence-corrected chi connectivity index (χ2v) is 9.02. The molecular weight excluding hydrogens is 428 g/mol. The summed E-state index contributed by atoms with van der Waals surface area (Å²) in [4.78, 5) is 38.3. The summed E-state index contributed by atoms with van der Waals surface area (Å²) < 4.78 is 11.2. The van der Waals surface area contributed by atoms with Crippen molar-refractivity contribution in [3.05, 3.63) is 17.7 Å². The van der Waals surface area contributed by atoms with Crippen LogP contribution in [0.5, 0.6) is 11.5 Å². The van der Waals surface area contributed by atoms with Crippen LogP contribution in [0.25, 0.3) is 0 Å². The Labute approximate surface area is 181 Å². The van der Waals surface area contributed by atoms with Crippen molar-refractivity contribution < 1.29 is 23.9 Å². The van der Waals surface area contributed by atoms with Crippen LogP contribution in [0.1, 0.15) is 43.5 Å². The summed E-state index contributed by atoms with van der Waals surface area (Å²) in [6.45, 7) is 3.33. The number of anilines is 2. The highest BCUT2D eigenvalue weighted by atomic mass is 32.2. The van der Waals surface area contributed by atoms with Crippen molar-refractivity contribution in [1.82, 2.24) is 10.2 Å². The smallest absolute Gasteiger partial charge is 0.234 e. The van der Waals surface area contributed by atoms with Gasteiger partial charge in [-0.15, -0.1) is 10.2 Å². The van der Waals surface area contributed by atoms with Crippen molar-refractivity contribution in [2.24, 2.45) is 0 Å². The number of benzene rings is 1. The molecule has 0 atom stereocenters. The number of carbonyl (C=O) groups is 3. The number of ketones is 1. The van der Waals surface area contributed by atoms with E-state index in [-0.39, 0.29) is 36.2 Å². The van der Waals surface area contributed by atoms with Gasteiger partial charge in [0.25, 0.3) is 0 Å². The second kappa shape index (κ2) is 8.60. The molecule has 0 spiro atoms. The number of amides is 2. The SMILES string of the molecule is CCC(=O)N(c1nnc(SCC(=O)Nc2cc3c(cc2C(C)=O)OCO3)s1)C1CC1. The summed E-state index contributed by atoms with van der Waals surface area (Å²) in [5.41, 5.74) is 0.734. The van der Waals surface area contributed by atoms with E-state index >= 15 is 0 Å². The fourth-order valence-corrected chi connectivity index (χ4v) is 4.71. The van der Waals surface area contributed by atoms with Gasteiger partial charge in [0.1, 0.15) is 0 Å². The first-order valence-electron chi connectivity index (χ1n) is 9.49. The monoisotopic (exact) mass is 448 g/mol. The van der Waals surface area contributed by atoms with Crippen LogP contribution < -0.4 is 19.7 Å². The molecule has 2 heterocycles. The molecule has 30 heavy (non-hydrogen) atoms. The Hall–Kier alpha value is -2.66. The molecule has 2 aliphatic rings. The third-order valence-electron chi connectivity index (χ3n) is 4.58. The minimum absolute atomic E-state index is 0.0301. The van der Waals surface area contributed by atoms with Gasteiger partial charge in [0, 0.05) is 24.1 Å². The van der Waals surface area contributed by atoms with Crippen LogP contribution in [0.2, 0.25) is 0 Å². The third-order valence-corrected chi connectivity index (χ3v) is 6.63. The van der Waals surface area contributed by atoms with Gasteiger partial charge in [-0.05, 0) is 25.8 Å². The molecule has 0 radical (unpaired) electrons. The van der Waals surface area contributed by atoms with Gasteiger partial charge in [0.2, 0.25) is 23.7 Å². The summed E-state index contributed by atoms with van der Waals surface area (Å²) in [5.74, 6) is 0.606. The summed E-state index contributed by atoms with van der Waals surface area (Å²) >= 11 is 2.53. The molecule has 1 aromatic heterocycles. The first kappa shape index (κ1) is 20.6. The van der Waals surface area contributed by atoms with Crippen LogP contribution >= 0.6 is 23.1 Å². The van der Waals surface area contributed by atoms with Crippen molar-refractivity contribution in [2.45, 2.75) is 43.5 Å². The van der Waals surface area contributed by atoms with E-state index < -0.39 is 0 Å². The molecule has 11 heteroatoms. The number of fused-ring (bicyclic) bond motifs is 1. The van der Waals surface area contributed by atoms with Gasteiger partial charge >= 0.3 is 0 Å². The maximum Gasteiger partial charge on any atom is 0.234 e. The van der Waals surface area contributed by atoms with E-state index in [1.165, 1.54) is 30.0 Å². The van der Waals surface area contributed by atoms with E-state index in [4.69, 9.17) is 9.47 Å². The Bertz CT molecular complexity index is 1000. The van der Waals surface area contributed by atoms with Crippen molar-refractivity contribution >= 4 is 51.5 Å². The molecule has 1 N–H and O–H groups in total. The average molecular weight is 449 g/mol. The molecule has 2 aromatic rings. The highest BCUT2D eigenvalue weighted by Crippen LogP contribution is 2.38. The lowest BCUT2D eigenvalue weighted by molar-refractivity contribution is -0.118. The van der Waals surface area contributed by atoms with Gasteiger partial charge < -0.3 is 14.8 Å². The first-order valence-corrected chi connectivity index (χ1v) is 11.3. The average Bonchev–Trinajstić information content (AvgIpc) is 3.25. The summed E-state index contributed by atoms with van der Waals surface area (Å²) in [5, 5.41) is 11.6. The molecule has 1 aromatic carbocycles. The zero-order chi connectivity index (χ0) is 21.3. The van der Waals surface area contributed by atoms with Crippen molar-refractivity contribution in [3.8, 4) is 11.5 Å². The van der Waals surface area contributed by atoms with Crippen molar-refractivity contribution in [2.75, 3.05) is 22.8 Å². The fourth-order valence-electron chi connectivity index (χ4n) is 2.98. The molecular formula is C19H20N4O5S2. The van der Waals surface area contributed by atoms with E-state index in [1.807, 2.05) is 6.92 Å². The lowest BCUT2D eigenvalue weighted by atomic mass is 10.1. The van der Waals surface area contributed by atoms with Gasteiger partial charge in [-0.1, -0.05) is 30.0 Å². The quantitative estimate of drug-likeness (QED) is 0.373. The third kappa shape index (κ3) is 4.41. The van der Waals surface area contributed by atoms with Gasteiger partial charge in [-0.3, -0.25) is 19.3 Å². The summed E-state index contributed by atoms with van der Waals surface area (Å²) in [6, 6.07) is 3.37. The lowest BCUT2D eigenvalue weighted by Gasteiger charge is -2.17. The number of thioether (sulfide) groups is 1. The molecule has 0 saturated heterocycles. The number of rotatable bonds is 8. The lowest BCUT2D eigenvalue weighted by Crippen LogP contribution is -2.32. The Morgan fingerprint density at radius 3 is 2.63 bits per heavy atom. The number of ether oxygens (including phenoxy) is 2. The molecule has 4 rings (SSSR count). The number of nitrogens with zero attached hydrogens (tertiary/aromatic N) is 3.